The van der Waals surface area contributed by atoms with E-state index in [0.717, 1.165) is 11.3 Å². The Hall–Kier alpha value is -4.90. The van der Waals surface area contributed by atoms with Crippen molar-refractivity contribution in [3.05, 3.63) is 103 Å². The molecule has 1 aliphatic heterocycles. The second-order valence-electron chi connectivity index (χ2n) is 8.84. The lowest BCUT2D eigenvalue weighted by atomic mass is 9.97. The topological polar surface area (TPSA) is 130 Å². The first-order valence-corrected chi connectivity index (χ1v) is 13.6. The lowest BCUT2D eigenvalue weighted by molar-refractivity contribution is -0.136. The zero-order valence-corrected chi connectivity index (χ0v) is 23.3. The zero-order chi connectivity index (χ0) is 29.1. The summed E-state index contributed by atoms with van der Waals surface area (Å²) in [6.07, 6.45) is 3.01. The highest BCUT2D eigenvalue weighted by Gasteiger charge is 2.31. The third kappa shape index (κ3) is 5.44. The number of fused-ring (bicyclic) bond motifs is 1. The molecule has 1 N–H and O–H groups in total. The van der Waals surface area contributed by atoms with Gasteiger partial charge in [0.2, 0.25) is 0 Å². The van der Waals surface area contributed by atoms with Crippen LogP contribution in [0.3, 0.4) is 0 Å². The van der Waals surface area contributed by atoms with Crippen LogP contribution in [0.25, 0.3) is 17.4 Å². The third-order valence-electron chi connectivity index (χ3n) is 6.30. The Morgan fingerprint density at radius 2 is 1.85 bits per heavy atom. The molecule has 4 aromatic rings. The van der Waals surface area contributed by atoms with E-state index in [1.165, 1.54) is 30.0 Å². The summed E-state index contributed by atoms with van der Waals surface area (Å²) in [7, 11) is 1.27. The molecule has 0 aliphatic carbocycles. The molecule has 41 heavy (non-hydrogen) atoms. The van der Waals surface area contributed by atoms with Crippen molar-refractivity contribution in [3.8, 4) is 22.8 Å². The highest BCUT2D eigenvalue weighted by atomic mass is 32.1. The number of carbonyl (C=O) groups is 2. The second-order valence-corrected chi connectivity index (χ2v) is 9.85. The first-order valence-electron chi connectivity index (χ1n) is 12.8. The maximum absolute atomic E-state index is 13.8. The fourth-order valence-corrected chi connectivity index (χ4v) is 5.46. The smallest absolute Gasteiger partial charge is 0.337 e. The number of nitrogens with zero attached hydrogens (tertiary/aromatic N) is 2. The predicted molar refractivity (Wildman–Crippen MR) is 151 cm³/mol. The van der Waals surface area contributed by atoms with Gasteiger partial charge >= 0.3 is 11.9 Å². The number of aromatic carboxylic acids is 1. The summed E-state index contributed by atoms with van der Waals surface area (Å²) in [5.41, 5.74) is 1.17. The summed E-state index contributed by atoms with van der Waals surface area (Å²) in [6.45, 7) is 4.57. The Morgan fingerprint density at radius 3 is 2.59 bits per heavy atom. The number of esters is 1. The van der Waals surface area contributed by atoms with Gasteiger partial charge in [-0.2, -0.15) is 0 Å². The van der Waals surface area contributed by atoms with Gasteiger partial charge in [-0.3, -0.25) is 9.36 Å². The van der Waals surface area contributed by atoms with Gasteiger partial charge in [0.25, 0.3) is 5.56 Å². The van der Waals surface area contributed by atoms with E-state index in [1.807, 2.05) is 13.8 Å². The minimum atomic E-state index is -1.04. The largest absolute Gasteiger partial charge is 0.490 e. The number of furan rings is 1. The lowest BCUT2D eigenvalue weighted by Crippen LogP contribution is -2.39. The SMILES string of the molecule is CCOc1ccc([C@H]2C(C(=O)OC)=CN=c3s/c(=C/c4ccc(-c5cccc(C(=O)O)c5)o4)c(=O)n32)cc1OCC. The molecule has 1 atom stereocenters. The van der Waals surface area contributed by atoms with Crippen molar-refractivity contribution in [1.29, 1.82) is 0 Å². The van der Waals surface area contributed by atoms with Crippen LogP contribution in [0, 0.1) is 0 Å². The summed E-state index contributed by atoms with van der Waals surface area (Å²) in [5, 5.41) is 9.29. The minimum Gasteiger partial charge on any atom is -0.490 e. The molecule has 11 heteroatoms. The molecule has 0 amide bonds. The predicted octanol–water partition coefficient (Wildman–Crippen LogP) is 3.77. The van der Waals surface area contributed by atoms with Crippen molar-refractivity contribution in [2.45, 2.75) is 19.9 Å². The number of hydrogen-bond donors (Lipinski definition) is 1. The molecule has 210 valence electrons. The van der Waals surface area contributed by atoms with E-state index in [0.29, 0.717) is 56.7 Å². The first-order chi connectivity index (χ1) is 19.8. The van der Waals surface area contributed by atoms with Crippen molar-refractivity contribution in [2.24, 2.45) is 4.99 Å². The molecule has 2 aromatic carbocycles. The number of rotatable bonds is 9. The average molecular weight is 575 g/mol. The van der Waals surface area contributed by atoms with Gasteiger partial charge < -0.3 is 23.7 Å². The van der Waals surface area contributed by atoms with Crippen molar-refractivity contribution < 1.29 is 33.3 Å². The number of aromatic nitrogens is 1. The lowest BCUT2D eigenvalue weighted by Gasteiger charge is -2.23. The van der Waals surface area contributed by atoms with E-state index in [1.54, 1.807) is 48.5 Å². The average Bonchev–Trinajstić information content (AvgIpc) is 3.58. The summed E-state index contributed by atoms with van der Waals surface area (Å²) in [5.74, 6) is 0.243. The Bertz CT molecular complexity index is 1850. The molecule has 0 unspecified atom stereocenters. The standard InChI is InChI=1S/C30H26N2O8S/c1-4-38-23-11-9-18(14-24(23)39-5-2)26-21(29(36)37-3)16-31-30-32(26)27(33)25(41-30)15-20-10-12-22(40-20)17-7-6-8-19(13-17)28(34)35/h6-16,26H,4-5H2,1-3H3,(H,34,35)/b25-15+/t26-/m0/s1. The molecule has 0 radical (unpaired) electrons. The van der Waals surface area contributed by atoms with Crippen LogP contribution in [0.2, 0.25) is 0 Å². The van der Waals surface area contributed by atoms with Crippen LogP contribution in [-0.4, -0.2) is 41.9 Å². The van der Waals surface area contributed by atoms with Crippen molar-refractivity contribution >= 4 is 29.4 Å². The van der Waals surface area contributed by atoms with Gasteiger partial charge in [0.15, 0.2) is 16.3 Å². The number of hydrogen-bond acceptors (Lipinski definition) is 9. The molecule has 0 fully saturated rings. The number of carboxylic acids is 1. The van der Waals surface area contributed by atoms with E-state index < -0.39 is 18.0 Å². The molecule has 3 heterocycles. The van der Waals surface area contributed by atoms with Crippen LogP contribution in [0.4, 0.5) is 0 Å². The van der Waals surface area contributed by atoms with Crippen molar-refractivity contribution in [3.63, 3.8) is 0 Å². The van der Waals surface area contributed by atoms with Crippen LogP contribution >= 0.6 is 11.3 Å². The van der Waals surface area contributed by atoms with Crippen LogP contribution < -0.4 is 24.4 Å². The number of carbonyl (C=O) groups excluding carboxylic acids is 1. The number of thiazole rings is 1. The van der Waals surface area contributed by atoms with E-state index >= 15 is 0 Å². The molecule has 0 saturated carbocycles. The monoisotopic (exact) mass is 574 g/mol. The molecule has 10 nitrogen and oxygen atoms in total. The third-order valence-corrected chi connectivity index (χ3v) is 7.30. The number of ether oxygens (including phenoxy) is 3. The molecule has 0 bridgehead atoms. The van der Waals surface area contributed by atoms with Crippen LogP contribution in [0.5, 0.6) is 11.5 Å². The highest BCUT2D eigenvalue weighted by Crippen LogP contribution is 2.35. The van der Waals surface area contributed by atoms with E-state index in [-0.39, 0.29) is 16.7 Å². The van der Waals surface area contributed by atoms with E-state index in [2.05, 4.69) is 4.99 Å². The number of carboxylic acid groups (broad SMARTS) is 1. The van der Waals surface area contributed by atoms with Crippen LogP contribution in [-0.2, 0) is 9.53 Å². The summed E-state index contributed by atoms with van der Waals surface area (Å²) in [6, 6.07) is 14.2. The number of methoxy groups -OCH3 is 1. The van der Waals surface area contributed by atoms with Crippen molar-refractivity contribution in [1.82, 2.24) is 4.57 Å². The second kappa shape index (κ2) is 11.7. The van der Waals surface area contributed by atoms with E-state index in [9.17, 15) is 19.5 Å². The van der Waals surface area contributed by atoms with Gasteiger partial charge in [0.1, 0.15) is 11.5 Å². The fourth-order valence-electron chi connectivity index (χ4n) is 4.51. The van der Waals surface area contributed by atoms with Gasteiger partial charge in [-0.1, -0.05) is 29.5 Å². The summed E-state index contributed by atoms with van der Waals surface area (Å²) < 4.78 is 24.2. The maximum Gasteiger partial charge on any atom is 0.337 e. The van der Waals surface area contributed by atoms with Gasteiger partial charge in [-0.05, 0) is 55.8 Å². The Kier molecular flexibility index (Phi) is 7.88. The Morgan fingerprint density at radius 1 is 1.07 bits per heavy atom. The number of benzene rings is 2. The zero-order valence-electron chi connectivity index (χ0n) is 22.5. The van der Waals surface area contributed by atoms with Crippen LogP contribution in [0.1, 0.15) is 41.6 Å². The quantitative estimate of drug-likeness (QED) is 0.299. The van der Waals surface area contributed by atoms with Gasteiger partial charge in [0, 0.05) is 17.8 Å². The van der Waals surface area contributed by atoms with Crippen LogP contribution in [0.15, 0.2) is 80.6 Å². The highest BCUT2D eigenvalue weighted by molar-refractivity contribution is 7.07. The Balaban J connectivity index is 1.59. The maximum atomic E-state index is 13.8. The Labute approximate surface area is 238 Å². The summed E-state index contributed by atoms with van der Waals surface area (Å²) in [4.78, 5) is 42.7. The molecular formula is C30H26N2O8S. The molecule has 0 spiro atoms. The molecule has 5 rings (SSSR count). The fraction of sp³-hybridized carbons (Fsp3) is 0.200. The molecule has 2 aromatic heterocycles. The minimum absolute atomic E-state index is 0.136. The molecule has 1 aliphatic rings. The normalized spacial score (nSPS) is 14.6. The van der Waals surface area contributed by atoms with Gasteiger partial charge in [-0.25, -0.2) is 14.6 Å². The molecular weight excluding hydrogens is 548 g/mol. The van der Waals surface area contributed by atoms with Crippen molar-refractivity contribution in [2.75, 3.05) is 20.3 Å². The van der Waals surface area contributed by atoms with Gasteiger partial charge in [0.05, 0.1) is 42.0 Å². The molecule has 0 saturated heterocycles. The first kappa shape index (κ1) is 27.7. The van der Waals surface area contributed by atoms with Gasteiger partial charge in [-0.15, -0.1) is 0 Å². The summed E-state index contributed by atoms with van der Waals surface area (Å²) >= 11 is 1.15. The van der Waals surface area contributed by atoms with E-state index in [4.69, 9.17) is 18.6 Å².